The van der Waals surface area contributed by atoms with E-state index in [-0.39, 0.29) is 30.4 Å². The van der Waals surface area contributed by atoms with Gasteiger partial charge >= 0.3 is 17.9 Å². The molecule has 1 saturated carbocycles. The molecule has 1 aliphatic rings. The molecule has 0 bridgehead atoms. The van der Waals surface area contributed by atoms with Gasteiger partial charge in [-0.15, -0.1) is 0 Å². The fraction of sp³-hybridized carbons (Fsp3) is 0.948. The van der Waals surface area contributed by atoms with Gasteiger partial charge in [0.15, 0.2) is 0 Å². The molecule has 1 rings (SSSR count). The topological polar surface area (TPSA) is 106 Å². The number of nitrogens with zero attached hydrogens (tertiary/aromatic N) is 2. The van der Waals surface area contributed by atoms with Gasteiger partial charge in [0, 0.05) is 37.8 Å². The molecule has 1 aliphatic carbocycles. The lowest BCUT2D eigenvalue weighted by atomic mass is 9.95. The molecule has 0 heterocycles. The fourth-order valence-corrected chi connectivity index (χ4v) is 9.95. The highest BCUT2D eigenvalue weighted by atomic mass is 16.5. The first-order valence-electron chi connectivity index (χ1n) is 29.4. The molecule has 0 spiro atoms. The van der Waals surface area contributed by atoms with Gasteiger partial charge < -0.3 is 29.1 Å². The Morgan fingerprint density at radius 2 is 0.761 bits per heavy atom. The van der Waals surface area contributed by atoms with Gasteiger partial charge in [-0.2, -0.15) is 0 Å². The van der Waals surface area contributed by atoms with Crippen molar-refractivity contribution in [3.05, 3.63) is 0 Å². The Kier molecular flexibility index (Phi) is 45.3. The van der Waals surface area contributed by atoms with E-state index in [1.54, 1.807) is 0 Å². The lowest BCUT2D eigenvalue weighted by molar-refractivity contribution is -0.149. The lowest BCUT2D eigenvalue weighted by Gasteiger charge is -2.31. The Morgan fingerprint density at radius 3 is 1.24 bits per heavy atom. The molecule has 0 saturated heterocycles. The van der Waals surface area contributed by atoms with Crippen LogP contribution in [0.2, 0.25) is 0 Å². The standard InChI is InChI=1S/C58H112N2O7/c1-5-9-13-17-20-25-37-53(36-24-16-12-8-4)50-65-56(62)43-30-23-32-46-60(55-39-26-21-22-27-40-55)47-35-34-45-59(48-49-61)44-33-31-38-54(51-66-57(63)41-28-18-14-10-6-2)52-67-58(64)42-29-19-15-11-7-3/h53-55,61H,5-52H2,1-4H3. The average Bonchev–Trinajstić information content (AvgIpc) is 3.62. The highest BCUT2D eigenvalue weighted by Gasteiger charge is 2.21. The number of esters is 3. The van der Waals surface area contributed by atoms with Gasteiger partial charge in [-0.1, -0.05) is 182 Å². The van der Waals surface area contributed by atoms with Gasteiger partial charge in [-0.25, -0.2) is 0 Å². The van der Waals surface area contributed by atoms with E-state index in [0.717, 1.165) is 116 Å². The van der Waals surface area contributed by atoms with E-state index in [2.05, 4.69) is 37.5 Å². The minimum absolute atomic E-state index is 0.00277. The maximum Gasteiger partial charge on any atom is 0.305 e. The number of carbonyl (C=O) groups excluding carboxylic acids is 3. The summed E-state index contributed by atoms with van der Waals surface area (Å²) in [7, 11) is 0. The summed E-state index contributed by atoms with van der Waals surface area (Å²) in [5.41, 5.74) is 0. The van der Waals surface area contributed by atoms with Crippen LogP contribution in [0.5, 0.6) is 0 Å². The smallest absolute Gasteiger partial charge is 0.305 e. The zero-order valence-electron chi connectivity index (χ0n) is 45.0. The summed E-state index contributed by atoms with van der Waals surface area (Å²) in [6, 6.07) is 0.671. The van der Waals surface area contributed by atoms with E-state index in [1.165, 1.54) is 141 Å². The predicted octanol–water partition coefficient (Wildman–Crippen LogP) is 15.1. The van der Waals surface area contributed by atoms with Crippen LogP contribution in [0, 0.1) is 11.8 Å². The third-order valence-electron chi connectivity index (χ3n) is 14.4. The maximum absolute atomic E-state index is 12.9. The molecule has 396 valence electrons. The van der Waals surface area contributed by atoms with Crippen molar-refractivity contribution in [2.45, 2.75) is 284 Å². The van der Waals surface area contributed by atoms with Gasteiger partial charge in [0.25, 0.3) is 0 Å². The Bertz CT molecular complexity index is 1070. The van der Waals surface area contributed by atoms with Crippen LogP contribution in [0.25, 0.3) is 0 Å². The number of rotatable bonds is 49. The Balaban J connectivity index is 2.56. The molecular weight excluding hydrogens is 837 g/mol. The minimum Gasteiger partial charge on any atom is -0.465 e. The second kappa shape index (κ2) is 47.9. The summed E-state index contributed by atoms with van der Waals surface area (Å²) in [6.45, 7) is 15.1. The second-order valence-electron chi connectivity index (χ2n) is 20.8. The van der Waals surface area contributed by atoms with Crippen molar-refractivity contribution >= 4 is 17.9 Å². The summed E-state index contributed by atoms with van der Waals surface area (Å²) >= 11 is 0. The van der Waals surface area contributed by atoms with E-state index >= 15 is 0 Å². The second-order valence-corrected chi connectivity index (χ2v) is 20.8. The third kappa shape index (κ3) is 39.7. The minimum atomic E-state index is -0.141. The number of unbranched alkanes of at least 4 members (excludes halogenated alkanes) is 20. The molecular formula is C58H112N2O7. The van der Waals surface area contributed by atoms with Gasteiger partial charge in [0.05, 0.1) is 26.4 Å². The summed E-state index contributed by atoms with van der Waals surface area (Å²) in [6.07, 6.45) is 44.0. The number of ether oxygens (including phenoxy) is 3. The molecule has 0 aliphatic heterocycles. The third-order valence-corrected chi connectivity index (χ3v) is 14.4. The van der Waals surface area contributed by atoms with Crippen LogP contribution in [0.15, 0.2) is 0 Å². The monoisotopic (exact) mass is 949 g/mol. The molecule has 67 heavy (non-hydrogen) atoms. The summed E-state index contributed by atoms with van der Waals surface area (Å²) in [5, 5.41) is 9.94. The van der Waals surface area contributed by atoms with Crippen molar-refractivity contribution in [1.82, 2.24) is 9.80 Å². The Morgan fingerprint density at radius 1 is 0.418 bits per heavy atom. The molecule has 0 amide bonds. The maximum atomic E-state index is 12.9. The highest BCUT2D eigenvalue weighted by molar-refractivity contribution is 5.70. The first-order chi connectivity index (χ1) is 32.9. The van der Waals surface area contributed by atoms with E-state index < -0.39 is 0 Å². The molecule has 1 atom stereocenters. The number of carbonyl (C=O) groups is 3. The number of hydrogen-bond donors (Lipinski definition) is 1. The molecule has 9 nitrogen and oxygen atoms in total. The fourth-order valence-electron chi connectivity index (χ4n) is 9.95. The van der Waals surface area contributed by atoms with Crippen LogP contribution in [0.1, 0.15) is 278 Å². The van der Waals surface area contributed by atoms with Crippen LogP contribution in [0.4, 0.5) is 0 Å². The highest BCUT2D eigenvalue weighted by Crippen LogP contribution is 2.24. The summed E-state index contributed by atoms with van der Waals surface area (Å²) in [4.78, 5) is 43.2. The van der Waals surface area contributed by atoms with Gasteiger partial charge in [0.2, 0.25) is 0 Å². The molecule has 1 N–H and O–H groups in total. The Labute approximate surface area is 415 Å². The molecule has 9 heteroatoms. The lowest BCUT2D eigenvalue weighted by Crippen LogP contribution is -2.37. The van der Waals surface area contributed by atoms with Crippen LogP contribution in [-0.2, 0) is 28.6 Å². The van der Waals surface area contributed by atoms with Crippen molar-refractivity contribution in [3.8, 4) is 0 Å². The van der Waals surface area contributed by atoms with E-state index in [0.29, 0.717) is 57.6 Å². The predicted molar refractivity (Wildman–Crippen MR) is 282 cm³/mol. The quantitative estimate of drug-likeness (QED) is 0.0276. The molecule has 1 fully saturated rings. The van der Waals surface area contributed by atoms with Gasteiger partial charge in [0.1, 0.15) is 0 Å². The normalized spacial score (nSPS) is 14.0. The van der Waals surface area contributed by atoms with E-state index in [9.17, 15) is 19.5 Å². The number of aliphatic hydroxyl groups is 1. The Hall–Kier alpha value is -1.71. The van der Waals surface area contributed by atoms with Crippen LogP contribution >= 0.6 is 0 Å². The summed E-state index contributed by atoms with van der Waals surface area (Å²) in [5.74, 6) is 0.246. The molecule has 1 unspecified atom stereocenters. The van der Waals surface area contributed by atoms with Crippen molar-refractivity contribution < 1.29 is 33.7 Å². The zero-order valence-corrected chi connectivity index (χ0v) is 45.0. The largest absolute Gasteiger partial charge is 0.465 e. The SMILES string of the molecule is CCCCCCCCC(CCCCCC)COC(=O)CCCCCN(CCCCN(CCO)CCCCC(COC(=O)CCCCCCC)COC(=O)CCCCCCC)C1CCCCCC1. The van der Waals surface area contributed by atoms with Crippen LogP contribution in [-0.4, -0.2) is 98.0 Å². The van der Waals surface area contributed by atoms with Gasteiger partial charge in [-0.05, 0) is 109 Å². The molecule has 0 aromatic carbocycles. The van der Waals surface area contributed by atoms with E-state index in [1.807, 2.05) is 0 Å². The first kappa shape index (κ1) is 63.3. The van der Waals surface area contributed by atoms with Gasteiger partial charge in [-0.3, -0.25) is 14.4 Å². The molecule has 0 radical (unpaired) electrons. The average molecular weight is 950 g/mol. The van der Waals surface area contributed by atoms with E-state index in [4.69, 9.17) is 14.2 Å². The van der Waals surface area contributed by atoms with Crippen LogP contribution < -0.4 is 0 Å². The first-order valence-corrected chi connectivity index (χ1v) is 29.4. The van der Waals surface area contributed by atoms with Crippen molar-refractivity contribution in [2.75, 3.05) is 59.2 Å². The zero-order chi connectivity index (χ0) is 48.7. The van der Waals surface area contributed by atoms with Crippen molar-refractivity contribution in [2.24, 2.45) is 11.8 Å². The number of aliphatic hydroxyl groups excluding tert-OH is 1. The summed E-state index contributed by atoms with van der Waals surface area (Å²) < 4.78 is 17.4. The molecule has 0 aromatic rings. The number of hydrogen-bond acceptors (Lipinski definition) is 9. The van der Waals surface area contributed by atoms with Crippen molar-refractivity contribution in [3.63, 3.8) is 0 Å². The van der Waals surface area contributed by atoms with Crippen LogP contribution in [0.3, 0.4) is 0 Å². The van der Waals surface area contributed by atoms with Crippen molar-refractivity contribution in [1.29, 1.82) is 0 Å². The molecule has 0 aromatic heterocycles.